The molecular formula is C15H27N3O2. The van der Waals surface area contributed by atoms with Gasteiger partial charge in [0.05, 0.1) is 0 Å². The maximum absolute atomic E-state index is 12.5. The summed E-state index contributed by atoms with van der Waals surface area (Å²) in [5.41, 5.74) is 0. The van der Waals surface area contributed by atoms with E-state index in [0.717, 1.165) is 58.2 Å². The van der Waals surface area contributed by atoms with Gasteiger partial charge in [-0.1, -0.05) is 6.92 Å². The number of likely N-dealkylation sites (tertiary alicyclic amines) is 1. The van der Waals surface area contributed by atoms with Gasteiger partial charge >= 0.3 is 0 Å². The summed E-state index contributed by atoms with van der Waals surface area (Å²) in [5, 5.41) is 6.44. The molecule has 2 rings (SSSR count). The average molecular weight is 281 g/mol. The predicted molar refractivity (Wildman–Crippen MR) is 78.3 cm³/mol. The van der Waals surface area contributed by atoms with Crippen LogP contribution in [-0.2, 0) is 9.59 Å². The van der Waals surface area contributed by atoms with Crippen molar-refractivity contribution in [1.82, 2.24) is 15.5 Å². The highest BCUT2D eigenvalue weighted by Crippen LogP contribution is 2.19. The van der Waals surface area contributed by atoms with Gasteiger partial charge in [0.15, 0.2) is 0 Å². The molecule has 5 nitrogen and oxygen atoms in total. The molecule has 2 fully saturated rings. The lowest BCUT2D eigenvalue weighted by atomic mass is 9.99. The summed E-state index contributed by atoms with van der Waals surface area (Å²) in [5.74, 6) is 0.193. The summed E-state index contributed by atoms with van der Waals surface area (Å²) in [6, 6.07) is 0.0338. The molecule has 2 N–H and O–H groups in total. The third kappa shape index (κ3) is 3.95. The van der Waals surface area contributed by atoms with Crippen LogP contribution < -0.4 is 10.6 Å². The van der Waals surface area contributed by atoms with Crippen LogP contribution in [0.15, 0.2) is 0 Å². The zero-order valence-electron chi connectivity index (χ0n) is 12.5. The second-order valence-corrected chi connectivity index (χ2v) is 5.88. The Morgan fingerprint density at radius 1 is 1.20 bits per heavy atom. The summed E-state index contributed by atoms with van der Waals surface area (Å²) in [6.45, 7) is 4.68. The van der Waals surface area contributed by atoms with Crippen molar-refractivity contribution in [2.24, 2.45) is 0 Å². The number of nitrogens with zero attached hydrogens (tertiary/aromatic N) is 1. The van der Waals surface area contributed by atoms with Crippen molar-refractivity contribution >= 4 is 11.8 Å². The van der Waals surface area contributed by atoms with Crippen LogP contribution >= 0.6 is 0 Å². The molecule has 2 aliphatic rings. The van der Waals surface area contributed by atoms with Crippen LogP contribution in [0.2, 0.25) is 0 Å². The molecule has 0 bridgehead atoms. The smallest absolute Gasteiger partial charge is 0.243 e. The quantitative estimate of drug-likeness (QED) is 0.809. The minimum Gasteiger partial charge on any atom is -0.351 e. The first-order chi connectivity index (χ1) is 9.72. The number of rotatable bonds is 4. The van der Waals surface area contributed by atoms with Crippen LogP contribution in [0.5, 0.6) is 0 Å². The average Bonchev–Trinajstić information content (AvgIpc) is 2.48. The molecule has 0 aromatic carbocycles. The van der Waals surface area contributed by atoms with E-state index in [4.69, 9.17) is 0 Å². The number of hydrogen-bond acceptors (Lipinski definition) is 3. The molecule has 2 saturated heterocycles. The molecule has 2 aliphatic heterocycles. The Labute approximate surface area is 121 Å². The van der Waals surface area contributed by atoms with E-state index in [1.54, 1.807) is 0 Å². The lowest BCUT2D eigenvalue weighted by molar-refractivity contribution is -0.142. The second kappa shape index (κ2) is 7.62. The SMILES string of the molecule is CCCC(=O)N1CCCCC1C(=O)NC1CCNCC1. The van der Waals surface area contributed by atoms with Crippen molar-refractivity contribution in [3.63, 3.8) is 0 Å². The van der Waals surface area contributed by atoms with E-state index in [9.17, 15) is 9.59 Å². The third-order valence-electron chi connectivity index (χ3n) is 4.28. The molecule has 0 saturated carbocycles. The van der Waals surface area contributed by atoms with Crippen LogP contribution in [0.3, 0.4) is 0 Å². The minimum atomic E-state index is -0.238. The lowest BCUT2D eigenvalue weighted by Gasteiger charge is -2.36. The fourth-order valence-corrected chi connectivity index (χ4v) is 3.12. The fraction of sp³-hybridized carbons (Fsp3) is 0.867. The van der Waals surface area contributed by atoms with Crippen LogP contribution in [0.1, 0.15) is 51.9 Å². The fourth-order valence-electron chi connectivity index (χ4n) is 3.12. The van der Waals surface area contributed by atoms with E-state index in [-0.39, 0.29) is 23.9 Å². The van der Waals surface area contributed by atoms with E-state index >= 15 is 0 Å². The van der Waals surface area contributed by atoms with Gasteiger partial charge < -0.3 is 15.5 Å². The molecule has 1 atom stereocenters. The third-order valence-corrected chi connectivity index (χ3v) is 4.28. The molecule has 2 amide bonds. The summed E-state index contributed by atoms with van der Waals surface area (Å²) in [7, 11) is 0. The molecule has 0 radical (unpaired) electrons. The number of piperidine rings is 2. The standard InChI is InChI=1S/C15H27N3O2/c1-2-5-14(19)18-11-4-3-6-13(18)15(20)17-12-7-9-16-10-8-12/h12-13,16H,2-11H2,1H3,(H,17,20). The Morgan fingerprint density at radius 2 is 1.95 bits per heavy atom. The van der Waals surface area contributed by atoms with Crippen molar-refractivity contribution in [3.05, 3.63) is 0 Å². The van der Waals surface area contributed by atoms with Gasteiger partial charge in [0.25, 0.3) is 0 Å². The highest BCUT2D eigenvalue weighted by molar-refractivity contribution is 5.88. The summed E-state index contributed by atoms with van der Waals surface area (Å²) < 4.78 is 0. The van der Waals surface area contributed by atoms with Crippen LogP contribution in [-0.4, -0.2) is 48.4 Å². The number of nitrogens with one attached hydrogen (secondary N) is 2. The van der Waals surface area contributed by atoms with Gasteiger partial charge in [-0.25, -0.2) is 0 Å². The molecule has 0 aromatic heterocycles. The first kappa shape index (κ1) is 15.3. The Hall–Kier alpha value is -1.10. The van der Waals surface area contributed by atoms with Crippen molar-refractivity contribution in [1.29, 1.82) is 0 Å². The van der Waals surface area contributed by atoms with Crippen molar-refractivity contribution < 1.29 is 9.59 Å². The maximum atomic E-state index is 12.5. The predicted octanol–water partition coefficient (Wildman–Crippen LogP) is 1.04. The van der Waals surface area contributed by atoms with Crippen molar-refractivity contribution in [2.45, 2.75) is 64.0 Å². The van der Waals surface area contributed by atoms with Crippen LogP contribution in [0.25, 0.3) is 0 Å². The van der Waals surface area contributed by atoms with Gasteiger partial charge in [-0.2, -0.15) is 0 Å². The van der Waals surface area contributed by atoms with E-state index in [1.807, 2.05) is 11.8 Å². The summed E-state index contributed by atoms with van der Waals surface area (Å²) in [4.78, 5) is 26.4. The van der Waals surface area contributed by atoms with Crippen LogP contribution in [0.4, 0.5) is 0 Å². The molecule has 0 aromatic rings. The highest BCUT2D eigenvalue weighted by atomic mass is 16.2. The van der Waals surface area contributed by atoms with E-state index in [0.29, 0.717) is 6.42 Å². The number of hydrogen-bond donors (Lipinski definition) is 2. The molecule has 0 aliphatic carbocycles. The lowest BCUT2D eigenvalue weighted by Crippen LogP contribution is -2.54. The van der Waals surface area contributed by atoms with Gasteiger partial charge in [-0.3, -0.25) is 9.59 Å². The van der Waals surface area contributed by atoms with Crippen LogP contribution in [0, 0.1) is 0 Å². The normalized spacial score (nSPS) is 24.4. The van der Waals surface area contributed by atoms with E-state index in [2.05, 4.69) is 10.6 Å². The van der Waals surface area contributed by atoms with Gasteiger partial charge in [-0.05, 0) is 51.6 Å². The van der Waals surface area contributed by atoms with Gasteiger partial charge in [0.2, 0.25) is 11.8 Å². The largest absolute Gasteiger partial charge is 0.351 e. The van der Waals surface area contributed by atoms with Gasteiger partial charge in [-0.15, -0.1) is 0 Å². The number of amides is 2. The monoisotopic (exact) mass is 281 g/mol. The van der Waals surface area contributed by atoms with Gasteiger partial charge in [0.1, 0.15) is 6.04 Å². The summed E-state index contributed by atoms with van der Waals surface area (Å²) >= 11 is 0. The molecule has 1 unspecified atom stereocenters. The topological polar surface area (TPSA) is 61.4 Å². The molecule has 114 valence electrons. The maximum Gasteiger partial charge on any atom is 0.243 e. The van der Waals surface area contributed by atoms with E-state index < -0.39 is 0 Å². The van der Waals surface area contributed by atoms with Crippen molar-refractivity contribution in [2.75, 3.05) is 19.6 Å². The Morgan fingerprint density at radius 3 is 2.65 bits per heavy atom. The minimum absolute atomic E-state index is 0.0565. The summed E-state index contributed by atoms with van der Waals surface area (Å²) in [6.07, 6.45) is 6.25. The molecule has 2 heterocycles. The Balaban J connectivity index is 1.92. The first-order valence-corrected chi connectivity index (χ1v) is 8.03. The zero-order chi connectivity index (χ0) is 14.4. The first-order valence-electron chi connectivity index (χ1n) is 8.03. The molecule has 0 spiro atoms. The highest BCUT2D eigenvalue weighted by Gasteiger charge is 2.32. The van der Waals surface area contributed by atoms with Crippen molar-refractivity contribution in [3.8, 4) is 0 Å². The van der Waals surface area contributed by atoms with Gasteiger partial charge in [0, 0.05) is 19.0 Å². The molecular weight excluding hydrogens is 254 g/mol. The molecule has 20 heavy (non-hydrogen) atoms. The Kier molecular flexibility index (Phi) is 5.83. The second-order valence-electron chi connectivity index (χ2n) is 5.88. The Bertz CT molecular complexity index is 340. The number of carbonyl (C=O) groups excluding carboxylic acids is 2. The molecule has 5 heteroatoms. The van der Waals surface area contributed by atoms with E-state index in [1.165, 1.54) is 0 Å². The number of carbonyl (C=O) groups is 2. The zero-order valence-corrected chi connectivity index (χ0v) is 12.5.